The molecule has 0 aliphatic heterocycles. The van der Waals surface area contributed by atoms with Crippen LogP contribution >= 0.6 is 15.9 Å². The van der Waals surface area contributed by atoms with Crippen molar-refractivity contribution < 1.29 is 13.9 Å². The van der Waals surface area contributed by atoms with Crippen molar-refractivity contribution in [3.63, 3.8) is 0 Å². The summed E-state index contributed by atoms with van der Waals surface area (Å²) in [5.74, 6) is -0.314. The van der Waals surface area contributed by atoms with Crippen LogP contribution in [0.4, 0.5) is 9.18 Å². The van der Waals surface area contributed by atoms with Gasteiger partial charge in [0.1, 0.15) is 11.4 Å². The third-order valence-electron chi connectivity index (χ3n) is 2.63. The number of alkyl halides is 1. The maximum Gasteiger partial charge on any atom is 0.435 e. The van der Waals surface area contributed by atoms with Crippen molar-refractivity contribution in [3.05, 3.63) is 41.8 Å². The number of carbonyl (C=O) groups is 1. The second-order valence-corrected chi connectivity index (χ2v) is 6.11. The van der Waals surface area contributed by atoms with Gasteiger partial charge < -0.3 is 4.74 Å². The van der Waals surface area contributed by atoms with Gasteiger partial charge in [-0.1, -0.05) is 15.9 Å². The van der Waals surface area contributed by atoms with E-state index < -0.39 is 11.7 Å². The van der Waals surface area contributed by atoms with Gasteiger partial charge in [-0.05, 0) is 51.1 Å². The largest absolute Gasteiger partial charge is 0.442 e. The lowest BCUT2D eigenvalue weighted by Crippen LogP contribution is -2.28. The van der Waals surface area contributed by atoms with Gasteiger partial charge in [-0.25, -0.2) is 9.18 Å². The van der Waals surface area contributed by atoms with E-state index in [0.29, 0.717) is 16.7 Å². The van der Waals surface area contributed by atoms with Crippen LogP contribution in [-0.2, 0) is 10.1 Å². The Bertz CT molecular complexity index is 645. The number of nitrogens with zero attached hydrogens (tertiary/aromatic N) is 2. The molecule has 0 spiro atoms. The minimum Gasteiger partial charge on any atom is -0.442 e. The van der Waals surface area contributed by atoms with Crippen molar-refractivity contribution in [2.45, 2.75) is 31.7 Å². The fourth-order valence-corrected chi connectivity index (χ4v) is 2.14. The van der Waals surface area contributed by atoms with Gasteiger partial charge in [0.2, 0.25) is 0 Å². The minimum atomic E-state index is -0.595. The Morgan fingerprint density at radius 3 is 2.48 bits per heavy atom. The van der Waals surface area contributed by atoms with Gasteiger partial charge in [-0.3, -0.25) is 0 Å². The van der Waals surface area contributed by atoms with Gasteiger partial charge in [0.25, 0.3) is 0 Å². The molecule has 0 saturated carbocycles. The lowest BCUT2D eigenvalue weighted by Gasteiger charge is -2.19. The first-order valence-electron chi connectivity index (χ1n) is 6.44. The smallest absolute Gasteiger partial charge is 0.435 e. The van der Waals surface area contributed by atoms with E-state index >= 15 is 0 Å². The molecule has 1 aromatic heterocycles. The quantitative estimate of drug-likeness (QED) is 0.752. The molecule has 112 valence electrons. The summed E-state index contributed by atoms with van der Waals surface area (Å²) in [4.78, 5) is 12.1. The van der Waals surface area contributed by atoms with Crippen LogP contribution in [0.5, 0.6) is 0 Å². The molecular formula is C15H16BrFN2O2. The molecule has 4 nitrogen and oxygen atoms in total. The van der Waals surface area contributed by atoms with E-state index in [1.807, 2.05) is 0 Å². The van der Waals surface area contributed by atoms with Crippen molar-refractivity contribution in [2.24, 2.45) is 0 Å². The molecular weight excluding hydrogens is 339 g/mol. The van der Waals surface area contributed by atoms with Crippen LogP contribution in [0.2, 0.25) is 0 Å². The summed E-state index contributed by atoms with van der Waals surface area (Å²) in [6.07, 6.45) is -0.537. The Kier molecular flexibility index (Phi) is 4.46. The predicted octanol–water partition coefficient (Wildman–Crippen LogP) is 4.37. The normalized spacial score (nSPS) is 11.5. The van der Waals surface area contributed by atoms with E-state index in [4.69, 9.17) is 4.74 Å². The first kappa shape index (κ1) is 15.7. The maximum absolute atomic E-state index is 13.0. The Balaban J connectivity index is 2.35. The molecule has 0 radical (unpaired) electrons. The summed E-state index contributed by atoms with van der Waals surface area (Å²) in [7, 11) is 0. The third-order valence-corrected chi connectivity index (χ3v) is 3.20. The number of ether oxygens (including phenoxy) is 1. The number of carbonyl (C=O) groups excluding carboxylic acids is 1. The summed E-state index contributed by atoms with van der Waals surface area (Å²) in [5.41, 5.74) is 1.41. The average Bonchev–Trinajstić information content (AvgIpc) is 2.82. The fraction of sp³-hybridized carbons (Fsp3) is 0.333. The Hall–Kier alpha value is -1.69. The zero-order valence-electron chi connectivity index (χ0n) is 12.1. The van der Waals surface area contributed by atoms with Crippen molar-refractivity contribution in [2.75, 3.05) is 0 Å². The van der Waals surface area contributed by atoms with Crippen LogP contribution in [0.15, 0.2) is 30.3 Å². The molecule has 0 fully saturated rings. The van der Waals surface area contributed by atoms with Crippen LogP contribution < -0.4 is 0 Å². The molecule has 2 rings (SSSR count). The summed E-state index contributed by atoms with van der Waals surface area (Å²) in [6, 6.07) is 7.72. The van der Waals surface area contributed by atoms with Gasteiger partial charge in [-0.15, -0.1) is 0 Å². The maximum atomic E-state index is 13.0. The number of hydrogen-bond donors (Lipinski definition) is 0. The van der Waals surface area contributed by atoms with Crippen LogP contribution in [0.1, 0.15) is 26.5 Å². The Labute approximate surface area is 131 Å². The highest BCUT2D eigenvalue weighted by Gasteiger charge is 2.21. The molecule has 6 heteroatoms. The van der Waals surface area contributed by atoms with E-state index in [1.54, 1.807) is 39.0 Å². The summed E-state index contributed by atoms with van der Waals surface area (Å²) in [6.45, 7) is 5.38. The third kappa shape index (κ3) is 3.91. The standard InChI is InChI=1S/C15H16BrFN2O2/c1-15(2,3)21-14(20)19-12(9-16)8-13(18-19)10-4-6-11(17)7-5-10/h4-8H,9H2,1-3H3. The number of halogens is 2. The molecule has 0 saturated heterocycles. The zero-order chi connectivity index (χ0) is 15.6. The molecule has 0 amide bonds. The average molecular weight is 355 g/mol. The SMILES string of the molecule is CC(C)(C)OC(=O)n1nc(-c2ccc(F)cc2)cc1CBr. The van der Waals surface area contributed by atoms with Crippen LogP contribution in [0, 0.1) is 5.82 Å². The monoisotopic (exact) mass is 354 g/mol. The molecule has 1 aromatic carbocycles. The second kappa shape index (κ2) is 5.97. The van der Waals surface area contributed by atoms with E-state index in [0.717, 1.165) is 5.56 Å². The number of rotatable bonds is 2. The molecule has 1 heterocycles. The molecule has 0 bridgehead atoms. The van der Waals surface area contributed by atoms with Crippen molar-refractivity contribution in [3.8, 4) is 11.3 Å². The van der Waals surface area contributed by atoms with Crippen molar-refractivity contribution in [1.29, 1.82) is 0 Å². The Morgan fingerprint density at radius 2 is 1.95 bits per heavy atom. The minimum absolute atomic E-state index is 0.314. The van der Waals surface area contributed by atoms with Gasteiger partial charge in [0.05, 0.1) is 11.4 Å². The van der Waals surface area contributed by atoms with Crippen molar-refractivity contribution >= 4 is 22.0 Å². The highest BCUT2D eigenvalue weighted by atomic mass is 79.9. The van der Waals surface area contributed by atoms with Crippen LogP contribution in [0.3, 0.4) is 0 Å². The molecule has 0 aliphatic carbocycles. The Morgan fingerprint density at radius 1 is 1.33 bits per heavy atom. The van der Waals surface area contributed by atoms with E-state index in [2.05, 4.69) is 21.0 Å². The van der Waals surface area contributed by atoms with Gasteiger partial charge in [0.15, 0.2) is 0 Å². The molecule has 0 unspecified atom stereocenters. The number of aromatic nitrogens is 2. The lowest BCUT2D eigenvalue weighted by molar-refractivity contribution is 0.0511. The molecule has 21 heavy (non-hydrogen) atoms. The molecule has 2 aromatic rings. The zero-order valence-corrected chi connectivity index (χ0v) is 13.6. The predicted molar refractivity (Wildman–Crippen MR) is 81.9 cm³/mol. The van der Waals surface area contributed by atoms with E-state index in [1.165, 1.54) is 16.8 Å². The summed E-state index contributed by atoms with van der Waals surface area (Å²) < 4.78 is 19.5. The van der Waals surface area contributed by atoms with Gasteiger partial charge in [-0.2, -0.15) is 9.78 Å². The summed E-state index contributed by atoms with van der Waals surface area (Å²) >= 11 is 3.33. The summed E-state index contributed by atoms with van der Waals surface area (Å²) in [5, 5.41) is 4.71. The van der Waals surface area contributed by atoms with Crippen molar-refractivity contribution in [1.82, 2.24) is 9.78 Å². The lowest BCUT2D eigenvalue weighted by atomic mass is 10.1. The fourth-order valence-electron chi connectivity index (χ4n) is 1.74. The van der Waals surface area contributed by atoms with E-state index in [9.17, 15) is 9.18 Å². The first-order valence-corrected chi connectivity index (χ1v) is 7.56. The molecule has 0 atom stereocenters. The topological polar surface area (TPSA) is 44.1 Å². The number of benzene rings is 1. The van der Waals surface area contributed by atoms with E-state index in [-0.39, 0.29) is 5.82 Å². The van der Waals surface area contributed by atoms with Gasteiger partial charge in [0, 0.05) is 10.9 Å². The first-order chi connectivity index (χ1) is 9.80. The number of hydrogen-bond acceptors (Lipinski definition) is 3. The van der Waals surface area contributed by atoms with Crippen LogP contribution in [0.25, 0.3) is 11.3 Å². The highest BCUT2D eigenvalue weighted by Crippen LogP contribution is 2.22. The highest BCUT2D eigenvalue weighted by molar-refractivity contribution is 9.08. The molecule has 0 aliphatic rings. The van der Waals surface area contributed by atoms with Crippen LogP contribution in [-0.4, -0.2) is 21.5 Å². The molecule has 0 N–H and O–H groups in total. The van der Waals surface area contributed by atoms with Gasteiger partial charge >= 0.3 is 6.09 Å². The second-order valence-electron chi connectivity index (χ2n) is 5.55.